The first-order valence-electron chi connectivity index (χ1n) is 9.54. The van der Waals surface area contributed by atoms with Crippen molar-refractivity contribution in [1.82, 2.24) is 14.9 Å². The molecule has 0 aliphatic carbocycles. The summed E-state index contributed by atoms with van der Waals surface area (Å²) in [6, 6.07) is 16.6. The van der Waals surface area contributed by atoms with Gasteiger partial charge in [-0.2, -0.15) is 0 Å². The van der Waals surface area contributed by atoms with Crippen molar-refractivity contribution in [2.24, 2.45) is 5.73 Å². The minimum Gasteiger partial charge on any atom is -0.453 e. The number of anilines is 1. The van der Waals surface area contributed by atoms with E-state index in [1.807, 2.05) is 30.3 Å². The molecular weight excluding hydrogens is 366 g/mol. The molecule has 3 aromatic rings. The zero-order valence-electron chi connectivity index (χ0n) is 16.3. The van der Waals surface area contributed by atoms with Gasteiger partial charge in [-0.05, 0) is 25.2 Å². The van der Waals surface area contributed by atoms with E-state index in [4.69, 9.17) is 15.5 Å². The summed E-state index contributed by atoms with van der Waals surface area (Å²) in [5.41, 5.74) is 7.41. The Morgan fingerprint density at radius 3 is 2.52 bits per heavy atom. The van der Waals surface area contributed by atoms with Gasteiger partial charge in [0.15, 0.2) is 5.75 Å². The Labute approximate surface area is 169 Å². The number of carbonyl (C=O) groups excluding carboxylic acids is 1. The van der Waals surface area contributed by atoms with Crippen LogP contribution in [0.4, 0.5) is 5.95 Å². The molecule has 7 heteroatoms. The minimum atomic E-state index is -0.500. The molecule has 0 unspecified atom stereocenters. The zero-order valence-corrected chi connectivity index (χ0v) is 16.3. The molecule has 7 nitrogen and oxygen atoms in total. The van der Waals surface area contributed by atoms with Crippen molar-refractivity contribution in [2.75, 3.05) is 38.1 Å². The van der Waals surface area contributed by atoms with Gasteiger partial charge in [0.1, 0.15) is 11.4 Å². The van der Waals surface area contributed by atoms with E-state index in [1.54, 1.807) is 30.5 Å². The van der Waals surface area contributed by atoms with Crippen LogP contribution >= 0.6 is 0 Å². The van der Waals surface area contributed by atoms with E-state index in [1.165, 1.54) is 0 Å². The number of ether oxygens (including phenoxy) is 1. The lowest BCUT2D eigenvalue weighted by atomic mass is 10.1. The predicted molar refractivity (Wildman–Crippen MR) is 112 cm³/mol. The van der Waals surface area contributed by atoms with E-state index < -0.39 is 5.91 Å². The van der Waals surface area contributed by atoms with E-state index in [2.05, 4.69) is 21.8 Å². The first-order chi connectivity index (χ1) is 14.1. The quantitative estimate of drug-likeness (QED) is 0.722. The van der Waals surface area contributed by atoms with Gasteiger partial charge in [0, 0.05) is 37.3 Å². The highest BCUT2D eigenvalue weighted by Gasteiger charge is 2.19. The van der Waals surface area contributed by atoms with Gasteiger partial charge < -0.3 is 20.3 Å². The van der Waals surface area contributed by atoms with Crippen LogP contribution in [0.1, 0.15) is 10.4 Å². The molecule has 1 aliphatic rings. The summed E-state index contributed by atoms with van der Waals surface area (Å²) >= 11 is 0. The second-order valence-corrected chi connectivity index (χ2v) is 7.03. The molecule has 29 heavy (non-hydrogen) atoms. The van der Waals surface area contributed by atoms with Gasteiger partial charge >= 0.3 is 0 Å². The van der Waals surface area contributed by atoms with Crippen LogP contribution in [0.5, 0.6) is 11.5 Å². The second kappa shape index (κ2) is 8.28. The number of rotatable bonds is 5. The Hall–Kier alpha value is -3.45. The third-order valence-electron chi connectivity index (χ3n) is 4.92. The molecule has 2 heterocycles. The number of aromatic nitrogens is 2. The average Bonchev–Trinajstić information content (AvgIpc) is 2.75. The molecule has 4 rings (SSSR count). The third kappa shape index (κ3) is 4.35. The van der Waals surface area contributed by atoms with E-state index in [0.717, 1.165) is 31.7 Å². The van der Waals surface area contributed by atoms with Crippen LogP contribution in [0.3, 0.4) is 0 Å². The van der Waals surface area contributed by atoms with Crippen LogP contribution in [0, 0.1) is 0 Å². The topological polar surface area (TPSA) is 84.6 Å². The van der Waals surface area contributed by atoms with Crippen molar-refractivity contribution < 1.29 is 9.53 Å². The monoisotopic (exact) mass is 389 g/mol. The molecule has 0 radical (unpaired) electrons. The maximum Gasteiger partial charge on any atom is 0.248 e. The van der Waals surface area contributed by atoms with Crippen LogP contribution in [-0.2, 0) is 0 Å². The molecule has 0 atom stereocenters. The Morgan fingerprint density at radius 1 is 1.03 bits per heavy atom. The van der Waals surface area contributed by atoms with Crippen LogP contribution < -0.4 is 15.4 Å². The second-order valence-electron chi connectivity index (χ2n) is 7.03. The van der Waals surface area contributed by atoms with E-state index in [9.17, 15) is 4.79 Å². The standard InChI is InChI=1S/C22H23N5O2/c1-26-10-12-27(13-11-26)22-24-15-19(20(25-22)16-6-3-2-4-7-16)29-18-9-5-8-17(14-18)21(23)28/h2-9,14-15H,10-13H2,1H3,(H2,23,28). The minimum absolute atomic E-state index is 0.388. The van der Waals surface area contributed by atoms with Gasteiger partial charge in [-0.25, -0.2) is 9.97 Å². The van der Waals surface area contributed by atoms with E-state index in [0.29, 0.717) is 28.7 Å². The zero-order chi connectivity index (χ0) is 20.2. The van der Waals surface area contributed by atoms with Gasteiger partial charge in [-0.1, -0.05) is 36.4 Å². The summed E-state index contributed by atoms with van der Waals surface area (Å²) in [5, 5.41) is 0. The van der Waals surface area contributed by atoms with Crippen molar-refractivity contribution in [1.29, 1.82) is 0 Å². The molecule has 1 amide bonds. The highest BCUT2D eigenvalue weighted by molar-refractivity contribution is 5.93. The number of carbonyl (C=O) groups is 1. The summed E-state index contributed by atoms with van der Waals surface area (Å²) in [6.07, 6.45) is 1.69. The maximum atomic E-state index is 11.5. The first-order valence-corrected chi connectivity index (χ1v) is 9.54. The fourth-order valence-corrected chi connectivity index (χ4v) is 3.24. The maximum absolute atomic E-state index is 11.5. The SMILES string of the molecule is CN1CCN(c2ncc(Oc3cccc(C(N)=O)c3)c(-c3ccccc3)n2)CC1. The van der Waals surface area contributed by atoms with Crippen molar-refractivity contribution in [3.05, 3.63) is 66.4 Å². The predicted octanol–water partition coefficient (Wildman–Crippen LogP) is 2.79. The molecule has 2 aromatic carbocycles. The number of piperazine rings is 1. The van der Waals surface area contributed by atoms with Gasteiger partial charge in [0.05, 0.1) is 6.20 Å². The summed E-state index contributed by atoms with van der Waals surface area (Å²) in [6.45, 7) is 3.71. The lowest BCUT2D eigenvalue weighted by Crippen LogP contribution is -2.45. The molecule has 2 N–H and O–H groups in total. The summed E-state index contributed by atoms with van der Waals surface area (Å²) in [5.74, 6) is 1.22. The van der Waals surface area contributed by atoms with Crippen LogP contribution in [0.15, 0.2) is 60.8 Å². The molecular formula is C22H23N5O2. The van der Waals surface area contributed by atoms with Crippen molar-refractivity contribution in [2.45, 2.75) is 0 Å². The molecule has 148 valence electrons. The Bertz CT molecular complexity index is 1000. The molecule has 0 saturated carbocycles. The summed E-state index contributed by atoms with van der Waals surface area (Å²) in [7, 11) is 2.12. The van der Waals surface area contributed by atoms with Crippen molar-refractivity contribution in [3.63, 3.8) is 0 Å². The number of nitrogens with two attached hydrogens (primary N) is 1. The number of nitrogens with zero attached hydrogens (tertiary/aromatic N) is 4. The number of primary amides is 1. The highest BCUT2D eigenvalue weighted by atomic mass is 16.5. The number of amides is 1. The number of hydrogen-bond acceptors (Lipinski definition) is 6. The molecule has 1 aromatic heterocycles. The fraction of sp³-hybridized carbons (Fsp3) is 0.227. The third-order valence-corrected chi connectivity index (χ3v) is 4.92. The number of hydrogen-bond donors (Lipinski definition) is 1. The largest absolute Gasteiger partial charge is 0.453 e. The molecule has 0 bridgehead atoms. The smallest absolute Gasteiger partial charge is 0.248 e. The van der Waals surface area contributed by atoms with Gasteiger partial charge in [-0.15, -0.1) is 0 Å². The first kappa shape index (κ1) is 18.9. The Morgan fingerprint density at radius 2 is 1.79 bits per heavy atom. The normalized spacial score (nSPS) is 14.6. The van der Waals surface area contributed by atoms with Gasteiger partial charge in [0.2, 0.25) is 11.9 Å². The molecule has 1 saturated heterocycles. The Kier molecular flexibility index (Phi) is 5.39. The number of benzene rings is 2. The van der Waals surface area contributed by atoms with Crippen molar-refractivity contribution in [3.8, 4) is 22.8 Å². The van der Waals surface area contributed by atoms with Crippen LogP contribution in [0.2, 0.25) is 0 Å². The van der Waals surface area contributed by atoms with Crippen molar-refractivity contribution >= 4 is 11.9 Å². The average molecular weight is 389 g/mol. The highest BCUT2D eigenvalue weighted by Crippen LogP contribution is 2.33. The van der Waals surface area contributed by atoms with Crippen LogP contribution in [-0.4, -0.2) is 54.0 Å². The fourth-order valence-electron chi connectivity index (χ4n) is 3.24. The lowest BCUT2D eigenvalue weighted by molar-refractivity contribution is 0.1000. The van der Waals surface area contributed by atoms with E-state index in [-0.39, 0.29) is 0 Å². The van der Waals surface area contributed by atoms with Gasteiger partial charge in [-0.3, -0.25) is 4.79 Å². The summed E-state index contributed by atoms with van der Waals surface area (Å²) < 4.78 is 6.05. The van der Waals surface area contributed by atoms with Crippen LogP contribution in [0.25, 0.3) is 11.3 Å². The van der Waals surface area contributed by atoms with E-state index >= 15 is 0 Å². The Balaban J connectivity index is 1.69. The lowest BCUT2D eigenvalue weighted by Gasteiger charge is -2.32. The molecule has 1 aliphatic heterocycles. The summed E-state index contributed by atoms with van der Waals surface area (Å²) in [4.78, 5) is 25.3. The molecule has 1 fully saturated rings. The van der Waals surface area contributed by atoms with Gasteiger partial charge in [0.25, 0.3) is 0 Å². The number of likely N-dealkylation sites (N-methyl/N-ethyl adjacent to an activating group) is 1. The molecule has 0 spiro atoms.